The normalized spacial score (nSPS) is 15.9. The van der Waals surface area contributed by atoms with E-state index in [1.54, 1.807) is 6.07 Å². The van der Waals surface area contributed by atoms with Gasteiger partial charge in [-0.1, -0.05) is 0 Å². The molecule has 0 saturated heterocycles. The van der Waals surface area contributed by atoms with E-state index in [0.29, 0.717) is 24.7 Å². The number of nitrogens with two attached hydrogens (primary N) is 1. The van der Waals surface area contributed by atoms with Crippen molar-refractivity contribution in [2.45, 2.75) is 18.9 Å². The summed E-state index contributed by atoms with van der Waals surface area (Å²) in [4.78, 5) is 10.7. The molecule has 3 N–H and O–H groups in total. The molecule has 1 aliphatic rings. The lowest BCUT2D eigenvalue weighted by Crippen LogP contribution is -2.32. The Morgan fingerprint density at radius 2 is 2.17 bits per heavy atom. The Balaban J connectivity index is 2.26. The lowest BCUT2D eigenvalue weighted by molar-refractivity contribution is -0.138. The predicted molar refractivity (Wildman–Crippen MR) is 69.1 cm³/mol. The fourth-order valence-electron chi connectivity index (χ4n) is 1.74. The first-order valence-corrected chi connectivity index (χ1v) is 6.43. The van der Waals surface area contributed by atoms with Crippen molar-refractivity contribution in [1.29, 1.82) is 0 Å². The number of carboxylic acid groups (broad SMARTS) is 1. The van der Waals surface area contributed by atoms with Gasteiger partial charge in [-0.05, 0) is 40.0 Å². The molecule has 0 fully saturated rings. The van der Waals surface area contributed by atoms with Gasteiger partial charge in [-0.25, -0.2) is 0 Å². The number of rotatable bonds is 3. The number of fused-ring (bicyclic) bond motifs is 1. The number of halogens is 1. The molecule has 98 valence electrons. The third-order valence-corrected chi connectivity index (χ3v) is 3.22. The van der Waals surface area contributed by atoms with E-state index < -0.39 is 12.0 Å². The van der Waals surface area contributed by atoms with E-state index in [9.17, 15) is 4.79 Å². The summed E-state index contributed by atoms with van der Waals surface area (Å²) in [6.45, 7) is 1.20. The van der Waals surface area contributed by atoms with Crippen LogP contribution >= 0.6 is 15.9 Å². The number of hydrogen-bond donors (Lipinski definition) is 2. The van der Waals surface area contributed by atoms with Crippen LogP contribution in [0.3, 0.4) is 0 Å². The molecule has 0 aromatic heterocycles. The minimum Gasteiger partial charge on any atom is -0.490 e. The zero-order valence-electron chi connectivity index (χ0n) is 9.69. The fourth-order valence-corrected chi connectivity index (χ4v) is 2.35. The number of hydrogen-bond acceptors (Lipinski definition) is 4. The third kappa shape index (κ3) is 2.94. The highest BCUT2D eigenvalue weighted by Crippen LogP contribution is 2.38. The second kappa shape index (κ2) is 5.58. The number of aliphatic carboxylic acids is 1. The van der Waals surface area contributed by atoms with E-state index in [2.05, 4.69) is 15.9 Å². The maximum Gasteiger partial charge on any atom is 0.320 e. The molecular formula is C12H14BrNO4. The molecule has 1 aromatic carbocycles. The lowest BCUT2D eigenvalue weighted by Gasteiger charge is -2.13. The molecule has 1 aromatic rings. The largest absolute Gasteiger partial charge is 0.490 e. The van der Waals surface area contributed by atoms with Crippen molar-refractivity contribution in [2.75, 3.05) is 13.2 Å². The van der Waals surface area contributed by atoms with E-state index in [-0.39, 0.29) is 6.42 Å². The van der Waals surface area contributed by atoms with Crippen LogP contribution in [-0.4, -0.2) is 30.3 Å². The van der Waals surface area contributed by atoms with E-state index in [4.69, 9.17) is 20.3 Å². The van der Waals surface area contributed by atoms with Gasteiger partial charge in [0.15, 0.2) is 11.5 Å². The molecule has 0 bridgehead atoms. The summed E-state index contributed by atoms with van der Waals surface area (Å²) in [5.74, 6) is 0.285. The average Bonchev–Trinajstić information content (AvgIpc) is 2.54. The Bertz CT molecular complexity index is 464. The molecule has 5 nitrogen and oxygen atoms in total. The minimum atomic E-state index is -1.02. The van der Waals surface area contributed by atoms with Crippen LogP contribution < -0.4 is 15.2 Å². The summed E-state index contributed by atoms with van der Waals surface area (Å²) >= 11 is 3.40. The first-order valence-electron chi connectivity index (χ1n) is 5.64. The van der Waals surface area contributed by atoms with Crippen molar-refractivity contribution in [3.05, 3.63) is 22.2 Å². The molecule has 1 atom stereocenters. The first kappa shape index (κ1) is 13.2. The van der Waals surface area contributed by atoms with Crippen LogP contribution in [0.5, 0.6) is 11.5 Å². The standard InChI is InChI=1S/C12H14BrNO4/c13-8-4-7(5-9(14)12(15)16)6-10-11(8)18-3-1-2-17-10/h4,6,9H,1-3,5,14H2,(H,15,16)/t9-/m0/s1. The van der Waals surface area contributed by atoms with Crippen molar-refractivity contribution >= 4 is 21.9 Å². The Labute approximate surface area is 113 Å². The molecule has 0 saturated carbocycles. The van der Waals surface area contributed by atoms with Crippen molar-refractivity contribution < 1.29 is 19.4 Å². The van der Waals surface area contributed by atoms with Crippen LogP contribution in [0.25, 0.3) is 0 Å². The zero-order valence-corrected chi connectivity index (χ0v) is 11.3. The molecule has 2 rings (SSSR count). The van der Waals surface area contributed by atoms with Gasteiger partial charge in [0.25, 0.3) is 0 Å². The van der Waals surface area contributed by atoms with Crippen molar-refractivity contribution in [2.24, 2.45) is 5.73 Å². The van der Waals surface area contributed by atoms with E-state index in [1.807, 2.05) is 6.07 Å². The summed E-state index contributed by atoms with van der Waals surface area (Å²) in [7, 11) is 0. The minimum absolute atomic E-state index is 0.255. The average molecular weight is 316 g/mol. The number of ether oxygens (including phenoxy) is 2. The van der Waals surface area contributed by atoms with Gasteiger partial charge in [0.1, 0.15) is 6.04 Å². The second-order valence-electron chi connectivity index (χ2n) is 4.10. The second-order valence-corrected chi connectivity index (χ2v) is 4.96. The van der Waals surface area contributed by atoms with Crippen LogP contribution in [0.2, 0.25) is 0 Å². The van der Waals surface area contributed by atoms with Crippen LogP contribution in [-0.2, 0) is 11.2 Å². The summed E-state index contributed by atoms with van der Waals surface area (Å²) in [6, 6.07) is 2.69. The van der Waals surface area contributed by atoms with Gasteiger partial charge in [0.05, 0.1) is 17.7 Å². The molecule has 0 amide bonds. The lowest BCUT2D eigenvalue weighted by atomic mass is 10.1. The van der Waals surface area contributed by atoms with Gasteiger partial charge in [-0.15, -0.1) is 0 Å². The Morgan fingerprint density at radius 1 is 1.44 bits per heavy atom. The van der Waals surface area contributed by atoms with Gasteiger partial charge in [-0.3, -0.25) is 4.79 Å². The van der Waals surface area contributed by atoms with E-state index in [1.165, 1.54) is 0 Å². The highest BCUT2D eigenvalue weighted by Gasteiger charge is 2.18. The molecule has 0 unspecified atom stereocenters. The Hall–Kier alpha value is -1.27. The number of carbonyl (C=O) groups is 1. The maximum absolute atomic E-state index is 10.7. The van der Waals surface area contributed by atoms with Crippen LogP contribution in [0.1, 0.15) is 12.0 Å². The quantitative estimate of drug-likeness (QED) is 0.884. The summed E-state index contributed by atoms with van der Waals surface area (Å²) in [5.41, 5.74) is 6.33. The van der Waals surface area contributed by atoms with Crippen LogP contribution in [0.4, 0.5) is 0 Å². The van der Waals surface area contributed by atoms with E-state index in [0.717, 1.165) is 16.5 Å². The SMILES string of the molecule is N[C@@H](Cc1cc(Br)c2c(c1)OCCCO2)C(=O)O. The van der Waals surface area contributed by atoms with Gasteiger partial charge in [0.2, 0.25) is 0 Å². The van der Waals surface area contributed by atoms with Crippen LogP contribution in [0, 0.1) is 0 Å². The van der Waals surface area contributed by atoms with E-state index >= 15 is 0 Å². The predicted octanol–water partition coefficient (Wildman–Crippen LogP) is 1.56. The number of benzene rings is 1. The highest BCUT2D eigenvalue weighted by atomic mass is 79.9. The zero-order chi connectivity index (χ0) is 13.1. The molecular weight excluding hydrogens is 302 g/mol. The molecule has 0 aliphatic carbocycles. The van der Waals surface area contributed by atoms with Crippen LogP contribution in [0.15, 0.2) is 16.6 Å². The smallest absolute Gasteiger partial charge is 0.320 e. The summed E-state index contributed by atoms with van der Waals surface area (Å²) in [5, 5.41) is 8.80. The molecule has 1 heterocycles. The molecule has 0 spiro atoms. The third-order valence-electron chi connectivity index (χ3n) is 2.63. The van der Waals surface area contributed by atoms with Crippen molar-refractivity contribution in [3.63, 3.8) is 0 Å². The Kier molecular flexibility index (Phi) is 4.08. The Morgan fingerprint density at radius 3 is 2.89 bits per heavy atom. The monoisotopic (exact) mass is 315 g/mol. The summed E-state index contributed by atoms with van der Waals surface area (Å²) < 4.78 is 11.9. The fraction of sp³-hybridized carbons (Fsp3) is 0.417. The maximum atomic E-state index is 10.7. The van der Waals surface area contributed by atoms with Gasteiger partial charge in [0, 0.05) is 6.42 Å². The van der Waals surface area contributed by atoms with Crippen molar-refractivity contribution in [1.82, 2.24) is 0 Å². The first-order chi connectivity index (χ1) is 8.58. The van der Waals surface area contributed by atoms with Gasteiger partial charge < -0.3 is 20.3 Å². The van der Waals surface area contributed by atoms with Crippen molar-refractivity contribution in [3.8, 4) is 11.5 Å². The molecule has 18 heavy (non-hydrogen) atoms. The molecule has 6 heteroatoms. The van der Waals surface area contributed by atoms with Gasteiger partial charge >= 0.3 is 5.97 Å². The topological polar surface area (TPSA) is 81.8 Å². The van der Waals surface area contributed by atoms with Gasteiger partial charge in [-0.2, -0.15) is 0 Å². The molecule has 0 radical (unpaired) electrons. The molecule has 1 aliphatic heterocycles. The summed E-state index contributed by atoms with van der Waals surface area (Å²) in [6.07, 6.45) is 1.08. The highest BCUT2D eigenvalue weighted by molar-refractivity contribution is 9.10. The number of carboxylic acids is 1.